The van der Waals surface area contributed by atoms with Crippen molar-refractivity contribution in [1.82, 2.24) is 10.6 Å². The maximum absolute atomic E-state index is 13.2. The Labute approximate surface area is 244 Å². The number of carboxylic acids is 2. The van der Waals surface area contributed by atoms with Crippen molar-refractivity contribution in [2.24, 2.45) is 53.3 Å². The third-order valence-electron chi connectivity index (χ3n) is 9.82. The molecule has 232 valence electrons. The molecule has 3 saturated carbocycles. The standard InChI is InChI=1S/C30H42N2O10/c1-13(33)19-8-23(25(29(39)40)10-21(19)15(3)35)27(37)31-12-17-5-6-18(7-17)32-28(38)24-9-20(14(2)34)22(16(4)36)11-26(24)30(41)42/h17-26H,5-12H2,1-4H3,(H,31,37)(H,32,38)(H,39,40)(H,41,42). The number of hydrogen-bond acceptors (Lipinski definition) is 8. The summed E-state index contributed by atoms with van der Waals surface area (Å²) in [6.07, 6.45) is 1.62. The molecule has 0 aliphatic heterocycles. The number of amides is 2. The van der Waals surface area contributed by atoms with Gasteiger partial charge in [-0.1, -0.05) is 0 Å². The van der Waals surface area contributed by atoms with Crippen LogP contribution in [0.3, 0.4) is 0 Å². The number of Topliss-reactive ketones (excluding diaryl/α,β-unsaturated/α-hetero) is 4. The summed E-state index contributed by atoms with van der Waals surface area (Å²) in [6.45, 7) is 5.59. The molecular weight excluding hydrogens is 548 g/mol. The number of carbonyl (C=O) groups excluding carboxylic acids is 6. The summed E-state index contributed by atoms with van der Waals surface area (Å²) < 4.78 is 0. The van der Waals surface area contributed by atoms with Crippen LogP contribution in [0.15, 0.2) is 0 Å². The van der Waals surface area contributed by atoms with Crippen molar-refractivity contribution in [2.75, 3.05) is 6.54 Å². The molecule has 0 aromatic rings. The fourth-order valence-electron chi connectivity index (χ4n) is 7.41. The van der Waals surface area contributed by atoms with Crippen LogP contribution in [0.5, 0.6) is 0 Å². The lowest BCUT2D eigenvalue weighted by molar-refractivity contribution is -0.154. The van der Waals surface area contributed by atoms with Crippen LogP contribution >= 0.6 is 0 Å². The van der Waals surface area contributed by atoms with E-state index in [9.17, 15) is 48.6 Å². The quantitative estimate of drug-likeness (QED) is 0.273. The number of hydrogen-bond donors (Lipinski definition) is 4. The number of nitrogens with one attached hydrogen (secondary N) is 2. The second kappa shape index (κ2) is 13.7. The van der Waals surface area contributed by atoms with E-state index >= 15 is 0 Å². The van der Waals surface area contributed by atoms with Crippen LogP contribution in [0.4, 0.5) is 0 Å². The van der Waals surface area contributed by atoms with Crippen molar-refractivity contribution in [2.45, 2.75) is 78.7 Å². The van der Waals surface area contributed by atoms with Gasteiger partial charge >= 0.3 is 11.9 Å². The lowest BCUT2D eigenvalue weighted by Crippen LogP contribution is -2.49. The summed E-state index contributed by atoms with van der Waals surface area (Å²) in [6, 6.07) is -0.268. The van der Waals surface area contributed by atoms with E-state index in [2.05, 4.69) is 10.6 Å². The topological polar surface area (TPSA) is 201 Å². The van der Waals surface area contributed by atoms with E-state index in [0.717, 1.165) is 0 Å². The van der Waals surface area contributed by atoms with Crippen molar-refractivity contribution >= 4 is 46.9 Å². The average Bonchev–Trinajstić information content (AvgIpc) is 3.36. The molecule has 0 aromatic heterocycles. The molecule has 3 aliphatic rings. The lowest BCUT2D eigenvalue weighted by atomic mass is 9.65. The SMILES string of the molecule is CC(=O)C1CC(C(=O)O)C(C(=O)NCC2CCC(NC(=O)C3CC(C(C)=O)C(C(C)=O)CC3C(=O)O)C2)CC1C(C)=O. The van der Waals surface area contributed by atoms with E-state index in [1.54, 1.807) is 0 Å². The van der Waals surface area contributed by atoms with Crippen LogP contribution < -0.4 is 10.6 Å². The monoisotopic (exact) mass is 590 g/mol. The molecule has 0 spiro atoms. The maximum Gasteiger partial charge on any atom is 0.307 e. The van der Waals surface area contributed by atoms with Gasteiger partial charge in [-0.05, 0) is 78.6 Å². The van der Waals surface area contributed by atoms with E-state index in [1.807, 2.05) is 0 Å². The summed E-state index contributed by atoms with van der Waals surface area (Å²) in [5.41, 5.74) is 0. The number of carboxylic acid groups (broad SMARTS) is 2. The molecule has 0 bridgehead atoms. The second-order valence-corrected chi connectivity index (χ2v) is 12.5. The van der Waals surface area contributed by atoms with Crippen LogP contribution in [-0.2, 0) is 38.4 Å². The van der Waals surface area contributed by atoms with Gasteiger partial charge in [-0.25, -0.2) is 0 Å². The molecule has 3 aliphatic carbocycles. The van der Waals surface area contributed by atoms with Gasteiger partial charge < -0.3 is 20.8 Å². The van der Waals surface area contributed by atoms with Gasteiger partial charge in [0.1, 0.15) is 23.1 Å². The number of rotatable bonds is 11. The first kappa shape index (κ1) is 33.1. The highest BCUT2D eigenvalue weighted by Gasteiger charge is 2.48. The van der Waals surface area contributed by atoms with E-state index in [0.29, 0.717) is 19.3 Å². The number of aliphatic carboxylic acids is 2. The minimum absolute atomic E-state index is 0.00748. The lowest BCUT2D eigenvalue weighted by Gasteiger charge is -2.37. The van der Waals surface area contributed by atoms with Crippen molar-refractivity contribution in [3.8, 4) is 0 Å². The Kier molecular flexibility index (Phi) is 10.8. The maximum atomic E-state index is 13.2. The van der Waals surface area contributed by atoms with Gasteiger partial charge in [0, 0.05) is 36.3 Å². The van der Waals surface area contributed by atoms with Gasteiger partial charge in [-0.3, -0.25) is 38.4 Å². The zero-order valence-corrected chi connectivity index (χ0v) is 24.6. The van der Waals surface area contributed by atoms with E-state index in [4.69, 9.17) is 0 Å². The van der Waals surface area contributed by atoms with Gasteiger partial charge in [-0.15, -0.1) is 0 Å². The predicted octanol–water partition coefficient (Wildman–Crippen LogP) is 1.43. The highest BCUT2D eigenvalue weighted by atomic mass is 16.4. The fraction of sp³-hybridized carbons (Fsp3) is 0.733. The number of carbonyl (C=O) groups is 8. The highest BCUT2D eigenvalue weighted by Crippen LogP contribution is 2.41. The summed E-state index contributed by atoms with van der Waals surface area (Å²) in [5.74, 6) is -11.3. The normalized spacial score (nSPS) is 34.6. The van der Waals surface area contributed by atoms with E-state index < -0.39 is 71.1 Å². The second-order valence-electron chi connectivity index (χ2n) is 12.5. The molecule has 10 unspecified atom stereocenters. The molecular formula is C30H42N2O10. The molecule has 42 heavy (non-hydrogen) atoms. The molecule has 12 heteroatoms. The molecule has 10 atom stereocenters. The summed E-state index contributed by atoms with van der Waals surface area (Å²) in [7, 11) is 0. The molecule has 4 N–H and O–H groups in total. The summed E-state index contributed by atoms with van der Waals surface area (Å²) in [5, 5.41) is 25.2. The highest BCUT2D eigenvalue weighted by molar-refractivity contribution is 5.92. The average molecular weight is 591 g/mol. The van der Waals surface area contributed by atoms with Gasteiger partial charge in [0.15, 0.2) is 0 Å². The minimum atomic E-state index is -1.18. The van der Waals surface area contributed by atoms with Crippen LogP contribution in [0.1, 0.15) is 72.6 Å². The van der Waals surface area contributed by atoms with Gasteiger partial charge in [-0.2, -0.15) is 0 Å². The summed E-state index contributed by atoms with van der Waals surface area (Å²) >= 11 is 0. The van der Waals surface area contributed by atoms with Crippen LogP contribution in [-0.4, -0.2) is 69.7 Å². The molecule has 3 rings (SSSR count). The Balaban J connectivity index is 1.59. The molecule has 3 fully saturated rings. The van der Waals surface area contributed by atoms with Crippen LogP contribution in [0.25, 0.3) is 0 Å². The zero-order chi connectivity index (χ0) is 31.5. The minimum Gasteiger partial charge on any atom is -0.481 e. The van der Waals surface area contributed by atoms with Crippen molar-refractivity contribution in [3.05, 3.63) is 0 Å². The zero-order valence-electron chi connectivity index (χ0n) is 24.6. The third-order valence-corrected chi connectivity index (χ3v) is 9.82. The van der Waals surface area contributed by atoms with E-state index in [-0.39, 0.29) is 67.3 Å². The van der Waals surface area contributed by atoms with E-state index in [1.165, 1.54) is 27.7 Å². The fourth-order valence-corrected chi connectivity index (χ4v) is 7.41. The molecule has 0 aromatic carbocycles. The molecule has 0 saturated heterocycles. The Morgan fingerprint density at radius 3 is 1.29 bits per heavy atom. The van der Waals surface area contributed by atoms with Gasteiger partial charge in [0.05, 0.1) is 23.7 Å². The molecule has 0 radical (unpaired) electrons. The number of ketones is 4. The Bertz CT molecular complexity index is 1150. The van der Waals surface area contributed by atoms with Crippen molar-refractivity contribution < 1.29 is 48.6 Å². The Morgan fingerprint density at radius 2 is 0.905 bits per heavy atom. The van der Waals surface area contributed by atoms with Gasteiger partial charge in [0.2, 0.25) is 11.8 Å². The smallest absolute Gasteiger partial charge is 0.307 e. The molecule has 0 heterocycles. The van der Waals surface area contributed by atoms with Crippen molar-refractivity contribution in [1.29, 1.82) is 0 Å². The molecule has 2 amide bonds. The van der Waals surface area contributed by atoms with Gasteiger partial charge in [0.25, 0.3) is 0 Å². The van der Waals surface area contributed by atoms with Crippen molar-refractivity contribution in [3.63, 3.8) is 0 Å². The predicted molar refractivity (Wildman–Crippen MR) is 147 cm³/mol. The summed E-state index contributed by atoms with van der Waals surface area (Å²) in [4.78, 5) is 98.8. The first-order chi connectivity index (χ1) is 19.6. The largest absolute Gasteiger partial charge is 0.481 e. The van der Waals surface area contributed by atoms with Crippen LogP contribution in [0, 0.1) is 53.3 Å². The first-order valence-corrected chi connectivity index (χ1v) is 14.7. The third kappa shape index (κ3) is 7.49. The Hall–Kier alpha value is -3.44. The van der Waals surface area contributed by atoms with Crippen LogP contribution in [0.2, 0.25) is 0 Å². The first-order valence-electron chi connectivity index (χ1n) is 14.7. The molecule has 12 nitrogen and oxygen atoms in total. The Morgan fingerprint density at radius 1 is 0.524 bits per heavy atom.